The van der Waals surface area contributed by atoms with E-state index in [4.69, 9.17) is 14.2 Å². The normalized spacial score (nSPS) is 25.4. The predicted molar refractivity (Wildman–Crippen MR) is 60.0 cm³/mol. The molecule has 1 rings (SSSR count). The van der Waals surface area contributed by atoms with Gasteiger partial charge in [0.25, 0.3) is 0 Å². The third-order valence-corrected chi connectivity index (χ3v) is 2.60. The van der Waals surface area contributed by atoms with E-state index in [9.17, 15) is 4.79 Å². The zero-order valence-corrected chi connectivity index (χ0v) is 10.6. The summed E-state index contributed by atoms with van der Waals surface area (Å²) >= 11 is 0. The average molecular weight is 230 g/mol. The number of esters is 1. The molecule has 1 aliphatic heterocycles. The van der Waals surface area contributed by atoms with Gasteiger partial charge in [-0.15, -0.1) is 0 Å². The van der Waals surface area contributed by atoms with Gasteiger partial charge < -0.3 is 14.2 Å². The molecule has 0 aromatic heterocycles. The van der Waals surface area contributed by atoms with Crippen molar-refractivity contribution in [2.45, 2.75) is 65.0 Å². The highest BCUT2D eigenvalue weighted by molar-refractivity contribution is 5.66. The molecule has 1 heterocycles. The van der Waals surface area contributed by atoms with E-state index in [0.717, 1.165) is 19.3 Å². The zero-order chi connectivity index (χ0) is 12.2. The Morgan fingerprint density at radius 2 is 2.25 bits per heavy atom. The van der Waals surface area contributed by atoms with Crippen LogP contribution in [0.15, 0.2) is 0 Å². The lowest BCUT2D eigenvalue weighted by Gasteiger charge is -2.23. The van der Waals surface area contributed by atoms with E-state index in [-0.39, 0.29) is 18.2 Å². The smallest absolute Gasteiger partial charge is 0.302 e. The molecule has 4 heteroatoms. The lowest BCUT2D eigenvalue weighted by atomic mass is 10.1. The van der Waals surface area contributed by atoms with Crippen molar-refractivity contribution < 1.29 is 19.0 Å². The third kappa shape index (κ3) is 4.10. The molecule has 0 aliphatic carbocycles. The Kier molecular flexibility index (Phi) is 4.74. The number of rotatable bonds is 5. The lowest BCUT2D eigenvalue weighted by molar-refractivity contribution is -0.169. The van der Waals surface area contributed by atoms with Crippen LogP contribution in [0.4, 0.5) is 0 Å². The minimum atomic E-state index is -0.560. The fourth-order valence-electron chi connectivity index (χ4n) is 1.84. The maximum absolute atomic E-state index is 11.0. The van der Waals surface area contributed by atoms with Crippen LogP contribution >= 0.6 is 0 Å². The molecule has 94 valence electrons. The molecule has 1 aliphatic rings. The van der Waals surface area contributed by atoms with Gasteiger partial charge in [0.15, 0.2) is 5.79 Å². The number of ether oxygens (including phenoxy) is 3. The summed E-state index contributed by atoms with van der Waals surface area (Å²) in [6, 6.07) is 0. The predicted octanol–water partition coefficient (Wildman–Crippen LogP) is 2.26. The minimum Gasteiger partial charge on any atom is -0.460 e. The van der Waals surface area contributed by atoms with Crippen molar-refractivity contribution in [1.29, 1.82) is 0 Å². The first kappa shape index (κ1) is 13.5. The minimum absolute atomic E-state index is 0.134. The Labute approximate surface area is 97.2 Å². The Bertz CT molecular complexity index is 237. The summed E-state index contributed by atoms with van der Waals surface area (Å²) < 4.78 is 16.5. The number of carbonyl (C=O) groups excluding carboxylic acids is 1. The molecule has 0 radical (unpaired) electrons. The van der Waals surface area contributed by atoms with Crippen LogP contribution in [0.2, 0.25) is 0 Å². The van der Waals surface area contributed by atoms with Crippen molar-refractivity contribution in [3.63, 3.8) is 0 Å². The maximum atomic E-state index is 11.0. The van der Waals surface area contributed by atoms with Crippen molar-refractivity contribution in [1.82, 2.24) is 0 Å². The van der Waals surface area contributed by atoms with Gasteiger partial charge in [-0.05, 0) is 26.7 Å². The fourth-order valence-corrected chi connectivity index (χ4v) is 1.84. The van der Waals surface area contributed by atoms with Gasteiger partial charge >= 0.3 is 5.97 Å². The van der Waals surface area contributed by atoms with Crippen LogP contribution in [0.25, 0.3) is 0 Å². The highest BCUT2D eigenvalue weighted by Gasteiger charge is 2.38. The van der Waals surface area contributed by atoms with Gasteiger partial charge in [-0.2, -0.15) is 0 Å². The topological polar surface area (TPSA) is 44.8 Å². The van der Waals surface area contributed by atoms with Crippen LogP contribution in [0.1, 0.15) is 47.0 Å². The number of carbonyl (C=O) groups is 1. The van der Waals surface area contributed by atoms with E-state index in [1.165, 1.54) is 6.92 Å². The molecule has 0 N–H and O–H groups in total. The van der Waals surface area contributed by atoms with Gasteiger partial charge in [0.2, 0.25) is 0 Å². The average Bonchev–Trinajstić information content (AvgIpc) is 2.52. The molecule has 0 spiro atoms. The van der Waals surface area contributed by atoms with Crippen molar-refractivity contribution in [2.75, 3.05) is 6.61 Å². The summed E-state index contributed by atoms with van der Waals surface area (Å²) in [6.07, 6.45) is 2.62. The number of unbranched alkanes of at least 4 members (excludes halogenated alkanes) is 1. The van der Waals surface area contributed by atoms with Crippen LogP contribution in [-0.4, -0.2) is 30.6 Å². The van der Waals surface area contributed by atoms with Crippen LogP contribution < -0.4 is 0 Å². The van der Waals surface area contributed by atoms with E-state index in [1.54, 1.807) is 0 Å². The monoisotopic (exact) mass is 230 g/mol. The molecular weight excluding hydrogens is 208 g/mol. The first-order chi connectivity index (χ1) is 7.44. The van der Waals surface area contributed by atoms with E-state index < -0.39 is 5.79 Å². The Morgan fingerprint density at radius 1 is 1.56 bits per heavy atom. The van der Waals surface area contributed by atoms with E-state index >= 15 is 0 Å². The van der Waals surface area contributed by atoms with Crippen molar-refractivity contribution >= 4 is 5.97 Å². The molecule has 0 aromatic carbocycles. The number of hydrogen-bond donors (Lipinski definition) is 0. The van der Waals surface area contributed by atoms with Crippen LogP contribution in [0.5, 0.6) is 0 Å². The summed E-state index contributed by atoms with van der Waals surface area (Å²) in [5, 5.41) is 0. The first-order valence-electron chi connectivity index (χ1n) is 5.93. The van der Waals surface area contributed by atoms with E-state index in [1.807, 2.05) is 13.8 Å². The SMILES string of the molecule is CCCCC(OC(C)=O)[C@H]1COC(C)(C)O1. The standard InChI is InChI=1S/C12H22O4/c1-5-6-7-10(15-9(2)13)11-8-14-12(3,4)16-11/h10-11H,5-8H2,1-4H3/t10?,11-/m1/s1. The maximum Gasteiger partial charge on any atom is 0.302 e. The van der Waals surface area contributed by atoms with Gasteiger partial charge in [-0.3, -0.25) is 4.79 Å². The lowest BCUT2D eigenvalue weighted by Crippen LogP contribution is -2.34. The second-order valence-corrected chi connectivity index (χ2v) is 4.66. The van der Waals surface area contributed by atoms with Crippen molar-refractivity contribution in [2.24, 2.45) is 0 Å². The van der Waals surface area contributed by atoms with Crippen molar-refractivity contribution in [3.8, 4) is 0 Å². The van der Waals surface area contributed by atoms with Crippen molar-refractivity contribution in [3.05, 3.63) is 0 Å². The van der Waals surface area contributed by atoms with Gasteiger partial charge in [-0.1, -0.05) is 13.3 Å². The van der Waals surface area contributed by atoms with Gasteiger partial charge in [-0.25, -0.2) is 0 Å². The van der Waals surface area contributed by atoms with Gasteiger partial charge in [0, 0.05) is 6.92 Å². The highest BCUT2D eigenvalue weighted by atomic mass is 16.7. The molecule has 0 bridgehead atoms. The molecule has 0 amide bonds. The molecule has 16 heavy (non-hydrogen) atoms. The summed E-state index contributed by atoms with van der Waals surface area (Å²) in [5.41, 5.74) is 0. The Morgan fingerprint density at radius 3 is 2.69 bits per heavy atom. The quantitative estimate of drug-likeness (QED) is 0.680. The summed E-state index contributed by atoms with van der Waals surface area (Å²) in [4.78, 5) is 11.0. The van der Waals surface area contributed by atoms with Crippen LogP contribution in [-0.2, 0) is 19.0 Å². The second kappa shape index (κ2) is 5.64. The Hall–Kier alpha value is -0.610. The molecule has 4 nitrogen and oxygen atoms in total. The second-order valence-electron chi connectivity index (χ2n) is 4.66. The highest BCUT2D eigenvalue weighted by Crippen LogP contribution is 2.27. The van der Waals surface area contributed by atoms with Crippen LogP contribution in [0.3, 0.4) is 0 Å². The van der Waals surface area contributed by atoms with Crippen LogP contribution in [0, 0.1) is 0 Å². The van der Waals surface area contributed by atoms with E-state index in [0.29, 0.717) is 6.61 Å². The molecule has 1 fully saturated rings. The summed E-state index contributed by atoms with van der Waals surface area (Å²) in [5.74, 6) is -0.815. The molecule has 1 saturated heterocycles. The van der Waals surface area contributed by atoms with Gasteiger partial charge in [0.05, 0.1) is 6.61 Å². The molecule has 0 saturated carbocycles. The molecule has 1 unspecified atom stereocenters. The largest absolute Gasteiger partial charge is 0.460 e. The summed E-state index contributed by atoms with van der Waals surface area (Å²) in [7, 11) is 0. The third-order valence-electron chi connectivity index (χ3n) is 2.60. The Balaban J connectivity index is 2.51. The van der Waals surface area contributed by atoms with Gasteiger partial charge in [0.1, 0.15) is 12.2 Å². The summed E-state index contributed by atoms with van der Waals surface area (Å²) in [6.45, 7) is 7.78. The fraction of sp³-hybridized carbons (Fsp3) is 0.917. The zero-order valence-electron chi connectivity index (χ0n) is 10.6. The van der Waals surface area contributed by atoms with E-state index in [2.05, 4.69) is 6.92 Å². The molecule has 0 aromatic rings. The molecule has 2 atom stereocenters. The number of hydrogen-bond acceptors (Lipinski definition) is 4. The first-order valence-corrected chi connectivity index (χ1v) is 5.93. The molecular formula is C12H22O4.